The second-order valence-corrected chi connectivity index (χ2v) is 6.84. The third-order valence-corrected chi connectivity index (χ3v) is 4.85. The van der Waals surface area contributed by atoms with Crippen LogP contribution in [0.4, 0.5) is 10.9 Å². The first kappa shape index (κ1) is 21.4. The molecule has 1 N–H and O–H groups in total. The van der Waals surface area contributed by atoms with E-state index >= 15 is 0 Å². The predicted octanol–water partition coefficient (Wildman–Crippen LogP) is 5.72. The van der Waals surface area contributed by atoms with E-state index in [1.807, 2.05) is 45.9 Å². The molecule has 4 aromatic rings. The van der Waals surface area contributed by atoms with Crippen molar-refractivity contribution in [2.75, 3.05) is 18.5 Å². The summed E-state index contributed by atoms with van der Waals surface area (Å²) in [6, 6.07) is 8.09. The fraction of sp³-hybridized carbons (Fsp3) is 0.273. The van der Waals surface area contributed by atoms with Gasteiger partial charge in [-0.2, -0.15) is 0 Å². The number of thiazole rings is 1. The average Bonchev–Trinajstić information content (AvgIpc) is 3.19. The minimum atomic E-state index is 0.516. The Morgan fingerprint density at radius 2 is 1.77 bits per heavy atom. The molecule has 0 radical (unpaired) electrons. The Morgan fingerprint density at radius 1 is 0.933 bits per heavy atom. The molecule has 4 rings (SSSR count). The maximum absolute atomic E-state index is 5.69. The highest BCUT2D eigenvalue weighted by Crippen LogP contribution is 2.34. The lowest BCUT2D eigenvalue weighted by Crippen LogP contribution is -2.00. The SMILES string of the molecule is CC.CCOc1cc(-c2ccc3nc(Nc4cnccn4)sc3c2)cnc1OCC. The lowest BCUT2D eigenvalue weighted by molar-refractivity contribution is 0.278. The highest BCUT2D eigenvalue weighted by atomic mass is 32.1. The molecule has 0 spiro atoms. The van der Waals surface area contributed by atoms with E-state index in [-0.39, 0.29) is 0 Å². The first-order valence-electron chi connectivity index (χ1n) is 9.96. The van der Waals surface area contributed by atoms with Crippen LogP contribution in [0.2, 0.25) is 0 Å². The van der Waals surface area contributed by atoms with Gasteiger partial charge < -0.3 is 14.8 Å². The fourth-order valence-corrected chi connectivity index (χ4v) is 3.64. The predicted molar refractivity (Wildman–Crippen MR) is 122 cm³/mol. The summed E-state index contributed by atoms with van der Waals surface area (Å²) in [7, 11) is 0. The molecule has 0 amide bonds. The number of nitrogens with one attached hydrogen (secondary N) is 1. The number of hydrogen-bond donors (Lipinski definition) is 1. The quantitative estimate of drug-likeness (QED) is 0.407. The van der Waals surface area contributed by atoms with Gasteiger partial charge in [0, 0.05) is 24.2 Å². The standard InChI is InChI=1S/C20H19N5O2S.C2H6/c1-3-26-16-9-14(11-23-19(16)27-4-2)13-5-6-15-17(10-13)28-20(24-15)25-18-12-21-7-8-22-18;1-2/h5-12H,3-4H2,1-2H3,(H,22,24,25);1-2H3. The van der Waals surface area contributed by atoms with Gasteiger partial charge in [-0.05, 0) is 37.6 Å². The van der Waals surface area contributed by atoms with Crippen molar-refractivity contribution < 1.29 is 9.47 Å². The molecule has 0 aliphatic carbocycles. The van der Waals surface area contributed by atoms with Crippen LogP contribution in [-0.2, 0) is 0 Å². The fourth-order valence-electron chi connectivity index (χ4n) is 2.72. The van der Waals surface area contributed by atoms with Crippen molar-refractivity contribution in [3.63, 3.8) is 0 Å². The molecule has 30 heavy (non-hydrogen) atoms. The molecule has 0 aliphatic rings. The topological polar surface area (TPSA) is 82.0 Å². The minimum Gasteiger partial charge on any atom is -0.488 e. The van der Waals surface area contributed by atoms with E-state index in [9.17, 15) is 0 Å². The van der Waals surface area contributed by atoms with Crippen LogP contribution < -0.4 is 14.8 Å². The van der Waals surface area contributed by atoms with Crippen LogP contribution in [-0.4, -0.2) is 33.1 Å². The lowest BCUT2D eigenvalue weighted by Gasteiger charge is -2.11. The van der Waals surface area contributed by atoms with Gasteiger partial charge in [-0.15, -0.1) is 0 Å². The smallest absolute Gasteiger partial charge is 0.257 e. The molecule has 1 aromatic carbocycles. The molecule has 0 bridgehead atoms. The molecule has 156 valence electrons. The van der Waals surface area contributed by atoms with Crippen molar-refractivity contribution in [1.82, 2.24) is 19.9 Å². The summed E-state index contributed by atoms with van der Waals surface area (Å²) in [4.78, 5) is 17.3. The summed E-state index contributed by atoms with van der Waals surface area (Å²) in [5.41, 5.74) is 2.92. The van der Waals surface area contributed by atoms with Gasteiger partial charge in [0.15, 0.2) is 16.7 Å². The van der Waals surface area contributed by atoms with Crippen molar-refractivity contribution in [2.24, 2.45) is 0 Å². The minimum absolute atomic E-state index is 0.516. The van der Waals surface area contributed by atoms with Crippen molar-refractivity contribution in [3.05, 3.63) is 49.1 Å². The van der Waals surface area contributed by atoms with Crippen LogP contribution in [0.15, 0.2) is 49.1 Å². The van der Waals surface area contributed by atoms with Crippen molar-refractivity contribution in [1.29, 1.82) is 0 Å². The molecule has 0 aliphatic heterocycles. The first-order chi connectivity index (χ1) is 14.8. The number of fused-ring (bicyclic) bond motifs is 1. The number of anilines is 2. The number of ether oxygens (including phenoxy) is 2. The van der Waals surface area contributed by atoms with Gasteiger partial charge in [0.25, 0.3) is 5.88 Å². The van der Waals surface area contributed by atoms with Crippen LogP contribution in [0.1, 0.15) is 27.7 Å². The zero-order chi connectivity index (χ0) is 21.3. The summed E-state index contributed by atoms with van der Waals surface area (Å²) >= 11 is 1.56. The maximum atomic E-state index is 5.69. The molecule has 3 heterocycles. The van der Waals surface area contributed by atoms with Gasteiger partial charge in [-0.25, -0.2) is 15.0 Å². The molecule has 0 saturated heterocycles. The zero-order valence-electron chi connectivity index (χ0n) is 17.5. The van der Waals surface area contributed by atoms with Crippen LogP contribution in [0.5, 0.6) is 11.6 Å². The Balaban J connectivity index is 0.00000124. The van der Waals surface area contributed by atoms with E-state index in [0.717, 1.165) is 26.5 Å². The van der Waals surface area contributed by atoms with E-state index in [0.29, 0.717) is 30.7 Å². The Morgan fingerprint density at radius 3 is 2.50 bits per heavy atom. The van der Waals surface area contributed by atoms with E-state index in [1.54, 1.807) is 36.1 Å². The molecule has 8 heteroatoms. The van der Waals surface area contributed by atoms with Gasteiger partial charge in [0.2, 0.25) is 0 Å². The monoisotopic (exact) mass is 423 g/mol. The van der Waals surface area contributed by atoms with Crippen LogP contribution >= 0.6 is 11.3 Å². The second-order valence-electron chi connectivity index (χ2n) is 5.81. The van der Waals surface area contributed by atoms with Crippen molar-refractivity contribution in [3.8, 4) is 22.8 Å². The normalized spacial score (nSPS) is 10.3. The summed E-state index contributed by atoms with van der Waals surface area (Å²) in [5, 5.41) is 3.96. The number of aromatic nitrogens is 4. The number of nitrogens with zero attached hydrogens (tertiary/aromatic N) is 4. The van der Waals surface area contributed by atoms with Gasteiger partial charge in [-0.1, -0.05) is 31.3 Å². The molecule has 3 aromatic heterocycles. The third-order valence-electron chi connectivity index (χ3n) is 3.92. The molecule has 0 saturated carbocycles. The van der Waals surface area contributed by atoms with Gasteiger partial charge in [-0.3, -0.25) is 4.98 Å². The zero-order valence-corrected chi connectivity index (χ0v) is 18.4. The van der Waals surface area contributed by atoms with Gasteiger partial charge in [0.05, 0.1) is 29.6 Å². The number of hydrogen-bond acceptors (Lipinski definition) is 8. The van der Waals surface area contributed by atoms with Crippen LogP contribution in [0.3, 0.4) is 0 Å². The summed E-state index contributed by atoms with van der Waals surface area (Å²) in [6.45, 7) is 8.96. The van der Waals surface area contributed by atoms with Gasteiger partial charge in [0.1, 0.15) is 0 Å². The van der Waals surface area contributed by atoms with Crippen molar-refractivity contribution in [2.45, 2.75) is 27.7 Å². The number of benzene rings is 1. The highest BCUT2D eigenvalue weighted by Gasteiger charge is 2.11. The van der Waals surface area contributed by atoms with E-state index < -0.39 is 0 Å². The van der Waals surface area contributed by atoms with Gasteiger partial charge >= 0.3 is 0 Å². The molecule has 0 atom stereocenters. The van der Waals surface area contributed by atoms with Crippen molar-refractivity contribution >= 4 is 32.5 Å². The number of pyridine rings is 1. The third kappa shape index (κ3) is 5.01. The van der Waals surface area contributed by atoms with E-state index in [1.165, 1.54) is 0 Å². The maximum Gasteiger partial charge on any atom is 0.257 e. The van der Waals surface area contributed by atoms with E-state index in [4.69, 9.17) is 9.47 Å². The Labute approximate surface area is 180 Å². The Hall–Kier alpha value is -3.26. The Bertz CT molecular complexity index is 1090. The average molecular weight is 424 g/mol. The summed E-state index contributed by atoms with van der Waals surface area (Å²) in [6.07, 6.45) is 6.74. The molecule has 0 fully saturated rings. The molecule has 7 nitrogen and oxygen atoms in total. The molecule has 0 unspecified atom stereocenters. The van der Waals surface area contributed by atoms with Crippen LogP contribution in [0, 0.1) is 0 Å². The molecular formula is C22H25N5O2S. The summed E-state index contributed by atoms with van der Waals surface area (Å²) in [5.74, 6) is 1.83. The molecular weight excluding hydrogens is 398 g/mol. The first-order valence-corrected chi connectivity index (χ1v) is 10.8. The number of rotatable bonds is 7. The second kappa shape index (κ2) is 10.5. The highest BCUT2D eigenvalue weighted by molar-refractivity contribution is 7.22. The largest absolute Gasteiger partial charge is 0.488 e. The lowest BCUT2D eigenvalue weighted by atomic mass is 10.1. The summed E-state index contributed by atoms with van der Waals surface area (Å²) < 4.78 is 12.3. The van der Waals surface area contributed by atoms with E-state index in [2.05, 4.69) is 31.3 Å². The Kier molecular flexibility index (Phi) is 7.51. The van der Waals surface area contributed by atoms with Crippen LogP contribution in [0.25, 0.3) is 21.3 Å².